The van der Waals surface area contributed by atoms with Gasteiger partial charge in [-0.2, -0.15) is 0 Å². The van der Waals surface area contributed by atoms with Gasteiger partial charge in [0.25, 0.3) is 0 Å². The van der Waals surface area contributed by atoms with Gasteiger partial charge in [-0.1, -0.05) is 12.2 Å². The van der Waals surface area contributed by atoms with Gasteiger partial charge in [0.2, 0.25) is 0 Å². The van der Waals surface area contributed by atoms with Gasteiger partial charge in [-0.05, 0) is 12.1 Å². The number of benzene rings is 1. The van der Waals surface area contributed by atoms with Gasteiger partial charge < -0.3 is 10.8 Å². The van der Waals surface area contributed by atoms with Crippen molar-refractivity contribution in [3.8, 4) is 0 Å². The van der Waals surface area contributed by atoms with Gasteiger partial charge in [-0.25, -0.2) is 8.78 Å². The van der Waals surface area contributed by atoms with E-state index in [0.717, 1.165) is 6.07 Å². The Kier molecular flexibility index (Phi) is 2.97. The standard InChI is InChI=1S/C9H9F2NO/c10-7-3-4-8(12)6(9(7)11)2-1-5-13/h1-4,13H,5,12H2. The number of hydrogen-bond donors (Lipinski definition) is 2. The molecule has 0 amide bonds. The lowest BCUT2D eigenvalue weighted by molar-refractivity contribution is 0.343. The third-order valence-corrected chi connectivity index (χ3v) is 1.56. The third kappa shape index (κ3) is 2.03. The van der Waals surface area contributed by atoms with Crippen molar-refractivity contribution in [2.24, 2.45) is 0 Å². The average Bonchev–Trinajstić information content (AvgIpc) is 2.12. The van der Waals surface area contributed by atoms with E-state index in [9.17, 15) is 8.78 Å². The van der Waals surface area contributed by atoms with E-state index in [2.05, 4.69) is 0 Å². The maximum atomic E-state index is 13.0. The van der Waals surface area contributed by atoms with Crippen molar-refractivity contribution in [2.45, 2.75) is 0 Å². The van der Waals surface area contributed by atoms with Crippen LogP contribution in [0.25, 0.3) is 6.08 Å². The summed E-state index contributed by atoms with van der Waals surface area (Å²) in [6, 6.07) is 2.23. The first-order valence-corrected chi connectivity index (χ1v) is 3.67. The monoisotopic (exact) mass is 185 g/mol. The maximum absolute atomic E-state index is 13.0. The topological polar surface area (TPSA) is 46.2 Å². The van der Waals surface area contributed by atoms with Crippen LogP contribution in [0.2, 0.25) is 0 Å². The molecule has 0 unspecified atom stereocenters. The fraction of sp³-hybridized carbons (Fsp3) is 0.111. The van der Waals surface area contributed by atoms with E-state index in [-0.39, 0.29) is 17.9 Å². The molecule has 0 atom stereocenters. The lowest BCUT2D eigenvalue weighted by Crippen LogP contribution is -1.96. The number of halogens is 2. The van der Waals surface area contributed by atoms with Gasteiger partial charge in [-0.15, -0.1) is 0 Å². The van der Waals surface area contributed by atoms with Crippen molar-refractivity contribution in [3.63, 3.8) is 0 Å². The first kappa shape index (κ1) is 9.67. The molecule has 0 saturated carbocycles. The summed E-state index contributed by atoms with van der Waals surface area (Å²) < 4.78 is 25.7. The van der Waals surface area contributed by atoms with Crippen LogP contribution in [0.1, 0.15) is 5.56 Å². The third-order valence-electron chi connectivity index (χ3n) is 1.56. The molecule has 0 saturated heterocycles. The van der Waals surface area contributed by atoms with E-state index in [1.165, 1.54) is 18.2 Å². The highest BCUT2D eigenvalue weighted by atomic mass is 19.2. The summed E-state index contributed by atoms with van der Waals surface area (Å²) in [5.74, 6) is -1.95. The van der Waals surface area contributed by atoms with Crippen LogP contribution in [-0.4, -0.2) is 11.7 Å². The molecule has 0 heterocycles. The lowest BCUT2D eigenvalue weighted by Gasteiger charge is -2.02. The zero-order valence-electron chi connectivity index (χ0n) is 6.80. The second-order valence-electron chi connectivity index (χ2n) is 2.45. The van der Waals surface area contributed by atoms with E-state index in [0.29, 0.717) is 0 Å². The van der Waals surface area contributed by atoms with Crippen LogP contribution in [0, 0.1) is 11.6 Å². The second kappa shape index (κ2) is 4.00. The van der Waals surface area contributed by atoms with Crippen LogP contribution in [-0.2, 0) is 0 Å². The Morgan fingerprint density at radius 3 is 2.69 bits per heavy atom. The number of anilines is 1. The van der Waals surface area contributed by atoms with Crippen molar-refractivity contribution >= 4 is 11.8 Å². The SMILES string of the molecule is Nc1ccc(F)c(F)c1C=CCO. The van der Waals surface area contributed by atoms with E-state index in [4.69, 9.17) is 10.8 Å². The number of aliphatic hydroxyl groups is 1. The summed E-state index contributed by atoms with van der Waals surface area (Å²) in [6.45, 7) is -0.241. The second-order valence-corrected chi connectivity index (χ2v) is 2.45. The first-order chi connectivity index (χ1) is 6.16. The van der Waals surface area contributed by atoms with Gasteiger partial charge in [0.15, 0.2) is 11.6 Å². The van der Waals surface area contributed by atoms with Crippen LogP contribution < -0.4 is 5.73 Å². The molecular weight excluding hydrogens is 176 g/mol. The molecule has 1 aromatic rings. The number of nitrogen functional groups attached to an aromatic ring is 1. The highest BCUT2D eigenvalue weighted by Gasteiger charge is 2.08. The minimum absolute atomic E-state index is 0.0333. The minimum atomic E-state index is -0.996. The van der Waals surface area contributed by atoms with E-state index < -0.39 is 11.6 Å². The van der Waals surface area contributed by atoms with E-state index in [1.807, 2.05) is 0 Å². The van der Waals surface area contributed by atoms with Crippen molar-refractivity contribution < 1.29 is 13.9 Å². The summed E-state index contributed by atoms with van der Waals surface area (Å²) in [5.41, 5.74) is 5.50. The van der Waals surface area contributed by atoms with Crippen molar-refractivity contribution in [1.82, 2.24) is 0 Å². The lowest BCUT2D eigenvalue weighted by atomic mass is 10.1. The average molecular weight is 185 g/mol. The fourth-order valence-electron chi connectivity index (χ4n) is 0.921. The minimum Gasteiger partial charge on any atom is -0.398 e. The Labute approximate surface area is 74.3 Å². The van der Waals surface area contributed by atoms with Crippen molar-refractivity contribution in [1.29, 1.82) is 0 Å². The molecule has 0 aromatic heterocycles. The highest BCUT2D eigenvalue weighted by Crippen LogP contribution is 2.19. The molecule has 0 radical (unpaired) electrons. The smallest absolute Gasteiger partial charge is 0.168 e. The maximum Gasteiger partial charge on any atom is 0.168 e. The molecule has 1 aromatic carbocycles. The largest absolute Gasteiger partial charge is 0.398 e. The molecule has 4 heteroatoms. The molecule has 3 N–H and O–H groups in total. The summed E-state index contributed by atoms with van der Waals surface area (Å²) >= 11 is 0. The van der Waals surface area contributed by atoms with Crippen molar-refractivity contribution in [3.05, 3.63) is 35.4 Å². The predicted octanol–water partition coefficient (Wildman–Crippen LogP) is 1.55. The van der Waals surface area contributed by atoms with E-state index in [1.54, 1.807) is 0 Å². The van der Waals surface area contributed by atoms with Crippen LogP contribution >= 0.6 is 0 Å². The zero-order valence-corrected chi connectivity index (χ0v) is 6.80. The summed E-state index contributed by atoms with van der Waals surface area (Å²) in [6.07, 6.45) is 2.53. The molecule has 0 fully saturated rings. The quantitative estimate of drug-likeness (QED) is 0.686. The molecule has 0 aliphatic carbocycles. The fourth-order valence-corrected chi connectivity index (χ4v) is 0.921. The normalized spacial score (nSPS) is 11.0. The van der Waals surface area contributed by atoms with E-state index >= 15 is 0 Å². The van der Waals surface area contributed by atoms with Gasteiger partial charge >= 0.3 is 0 Å². The Morgan fingerprint density at radius 1 is 1.38 bits per heavy atom. The van der Waals surface area contributed by atoms with Crippen LogP contribution in [0.4, 0.5) is 14.5 Å². The Morgan fingerprint density at radius 2 is 2.08 bits per heavy atom. The number of nitrogens with two attached hydrogens (primary N) is 1. The molecular formula is C9H9F2NO. The van der Waals surface area contributed by atoms with Crippen LogP contribution in [0.3, 0.4) is 0 Å². The summed E-state index contributed by atoms with van der Waals surface area (Å²) in [4.78, 5) is 0. The first-order valence-electron chi connectivity index (χ1n) is 3.67. The van der Waals surface area contributed by atoms with Gasteiger partial charge in [0, 0.05) is 11.3 Å². The Balaban J connectivity index is 3.17. The van der Waals surface area contributed by atoms with Gasteiger partial charge in [0.1, 0.15) is 0 Å². The number of aliphatic hydroxyl groups excluding tert-OH is 1. The molecule has 13 heavy (non-hydrogen) atoms. The van der Waals surface area contributed by atoms with Gasteiger partial charge in [0.05, 0.1) is 6.61 Å². The Bertz CT molecular complexity index is 337. The molecule has 0 aliphatic heterocycles. The van der Waals surface area contributed by atoms with Gasteiger partial charge in [-0.3, -0.25) is 0 Å². The predicted molar refractivity (Wildman–Crippen MR) is 46.9 cm³/mol. The molecule has 0 spiro atoms. The van der Waals surface area contributed by atoms with Crippen LogP contribution in [0.15, 0.2) is 18.2 Å². The molecule has 1 rings (SSSR count). The molecule has 0 aliphatic rings. The van der Waals surface area contributed by atoms with Crippen molar-refractivity contribution in [2.75, 3.05) is 12.3 Å². The molecule has 2 nitrogen and oxygen atoms in total. The number of rotatable bonds is 2. The Hall–Kier alpha value is -1.42. The summed E-state index contributed by atoms with van der Waals surface area (Å²) in [7, 11) is 0. The summed E-state index contributed by atoms with van der Waals surface area (Å²) in [5, 5.41) is 8.43. The number of hydrogen-bond acceptors (Lipinski definition) is 2. The zero-order chi connectivity index (χ0) is 9.84. The van der Waals surface area contributed by atoms with Crippen LogP contribution in [0.5, 0.6) is 0 Å². The molecule has 70 valence electrons. The molecule has 0 bridgehead atoms. The highest BCUT2D eigenvalue weighted by molar-refractivity contribution is 5.64.